The number of hydrogen-bond acceptors (Lipinski definition) is 5. The van der Waals surface area contributed by atoms with Crippen LogP contribution in [0, 0.1) is 28.1 Å². The van der Waals surface area contributed by atoms with Crippen molar-refractivity contribution in [2.45, 2.75) is 79.1 Å². The summed E-state index contributed by atoms with van der Waals surface area (Å²) in [7, 11) is 0. The van der Waals surface area contributed by atoms with Gasteiger partial charge in [0, 0.05) is 12.0 Å². The van der Waals surface area contributed by atoms with Crippen LogP contribution in [0.4, 0.5) is 5.69 Å². The maximum atomic E-state index is 6.25. The van der Waals surface area contributed by atoms with Gasteiger partial charge < -0.3 is 19.3 Å². The van der Waals surface area contributed by atoms with Crippen LogP contribution in [0.1, 0.15) is 66.7 Å². The highest BCUT2D eigenvalue weighted by Crippen LogP contribution is 2.66. The third-order valence-electron chi connectivity index (χ3n) is 8.27. The van der Waals surface area contributed by atoms with Crippen LogP contribution in [0.2, 0.25) is 0 Å². The predicted molar refractivity (Wildman–Crippen MR) is 105 cm³/mol. The molecule has 3 aliphatic rings. The maximum absolute atomic E-state index is 6.25. The van der Waals surface area contributed by atoms with Gasteiger partial charge in [-0.2, -0.15) is 0 Å². The first-order chi connectivity index (χ1) is 12.8. The Morgan fingerprint density at radius 2 is 1.96 bits per heavy atom. The zero-order valence-electron chi connectivity index (χ0n) is 17.6. The second-order valence-electron chi connectivity index (χ2n) is 10.3. The van der Waals surface area contributed by atoms with Crippen LogP contribution in [0.25, 0.3) is 0 Å². The molecule has 3 fully saturated rings. The van der Waals surface area contributed by atoms with Gasteiger partial charge >= 0.3 is 0 Å². The summed E-state index contributed by atoms with van der Waals surface area (Å²) in [5, 5.41) is 7.28. The molecule has 1 unspecified atom stereocenters. The lowest BCUT2D eigenvalue weighted by atomic mass is 9.42. The third-order valence-corrected chi connectivity index (χ3v) is 8.27. The fraction of sp³-hybridized carbons (Fsp3) is 0.864. The van der Waals surface area contributed by atoms with Crippen molar-refractivity contribution in [1.29, 1.82) is 0 Å². The van der Waals surface area contributed by atoms with Crippen molar-refractivity contribution in [3.05, 3.63) is 12.5 Å². The lowest BCUT2D eigenvalue weighted by Crippen LogP contribution is -2.63. The second-order valence-corrected chi connectivity index (χ2v) is 10.3. The average Bonchev–Trinajstić information content (AvgIpc) is 3.11. The summed E-state index contributed by atoms with van der Waals surface area (Å²) in [4.78, 5) is 0. The molecule has 152 valence electrons. The first-order valence-corrected chi connectivity index (χ1v) is 10.7. The number of rotatable bonds is 4. The van der Waals surface area contributed by atoms with Crippen LogP contribution in [-0.4, -0.2) is 30.7 Å². The van der Waals surface area contributed by atoms with Crippen LogP contribution in [0.3, 0.4) is 0 Å². The molecule has 1 saturated heterocycles. The normalized spacial score (nSPS) is 43.6. The van der Waals surface area contributed by atoms with Crippen molar-refractivity contribution < 1.29 is 14.0 Å². The molecule has 1 N–H and O–H groups in total. The predicted octanol–water partition coefficient (Wildman–Crippen LogP) is 5.10. The van der Waals surface area contributed by atoms with E-state index in [4.69, 9.17) is 14.0 Å². The minimum Gasteiger partial charge on any atom is -0.381 e. The molecule has 0 spiro atoms. The highest BCUT2D eigenvalue weighted by molar-refractivity contribution is 5.36. The molecule has 2 aliphatic carbocycles. The minimum absolute atomic E-state index is 0.0592. The molecular weight excluding hydrogens is 340 g/mol. The van der Waals surface area contributed by atoms with Crippen LogP contribution in [0.5, 0.6) is 0 Å². The molecule has 0 bridgehead atoms. The number of ether oxygens (including phenoxy) is 2. The molecule has 0 radical (unpaired) electrons. The summed E-state index contributed by atoms with van der Waals surface area (Å²) in [5.74, 6) is 1.33. The van der Waals surface area contributed by atoms with E-state index in [1.165, 1.54) is 25.7 Å². The third kappa shape index (κ3) is 3.21. The summed E-state index contributed by atoms with van der Waals surface area (Å²) < 4.78 is 17.2. The van der Waals surface area contributed by atoms with Crippen molar-refractivity contribution in [3.63, 3.8) is 0 Å². The van der Waals surface area contributed by atoms with Gasteiger partial charge in [-0.15, -0.1) is 0 Å². The first-order valence-electron chi connectivity index (χ1n) is 10.7. The molecule has 5 nitrogen and oxygen atoms in total. The van der Waals surface area contributed by atoms with E-state index >= 15 is 0 Å². The average molecular weight is 377 g/mol. The van der Waals surface area contributed by atoms with E-state index in [9.17, 15) is 0 Å². The van der Waals surface area contributed by atoms with Gasteiger partial charge in [-0.3, -0.25) is 0 Å². The Morgan fingerprint density at radius 1 is 1.15 bits per heavy atom. The molecule has 0 amide bonds. The molecule has 1 aromatic rings. The van der Waals surface area contributed by atoms with Crippen LogP contribution >= 0.6 is 0 Å². The van der Waals surface area contributed by atoms with E-state index in [0.29, 0.717) is 28.8 Å². The van der Waals surface area contributed by atoms with Crippen LogP contribution < -0.4 is 5.32 Å². The fourth-order valence-electron chi connectivity index (χ4n) is 6.94. The molecule has 0 aromatic carbocycles. The Labute approximate surface area is 163 Å². The summed E-state index contributed by atoms with van der Waals surface area (Å²) in [6.07, 6.45) is 9.86. The number of aromatic nitrogens is 1. The molecule has 1 aromatic heterocycles. The zero-order valence-corrected chi connectivity index (χ0v) is 17.6. The number of anilines is 1. The standard InChI is InChI=1S/C22H36N2O3/c1-15-25-14-22(5)18-6-9-20(2,3)17(8-11-23-16-12-24-26-13-16)21(18,4)10-7-19(22)27-15/h12-13,15,17-19,23H,6-11,14H2,1-5H3/t15-,17-,18?,19-,21+,22+/m1/s1. The van der Waals surface area contributed by atoms with Gasteiger partial charge in [0.1, 0.15) is 6.26 Å². The Kier molecular flexibility index (Phi) is 4.83. The van der Waals surface area contributed by atoms with Crippen LogP contribution in [0.15, 0.2) is 17.0 Å². The molecule has 1 aliphatic heterocycles. The van der Waals surface area contributed by atoms with Gasteiger partial charge in [0.25, 0.3) is 0 Å². The smallest absolute Gasteiger partial charge is 0.155 e. The molecule has 4 rings (SSSR count). The Hall–Kier alpha value is -1.07. The topological polar surface area (TPSA) is 56.5 Å². The summed E-state index contributed by atoms with van der Waals surface area (Å²) in [5.41, 5.74) is 1.80. The van der Waals surface area contributed by atoms with Crippen molar-refractivity contribution in [2.24, 2.45) is 28.1 Å². The lowest BCUT2D eigenvalue weighted by Gasteiger charge is -2.65. The van der Waals surface area contributed by atoms with Crippen molar-refractivity contribution in [3.8, 4) is 0 Å². The van der Waals surface area contributed by atoms with Crippen LogP contribution in [-0.2, 0) is 9.47 Å². The molecule has 27 heavy (non-hydrogen) atoms. The van der Waals surface area contributed by atoms with Gasteiger partial charge in [0.15, 0.2) is 6.29 Å². The zero-order chi connectivity index (χ0) is 19.3. The van der Waals surface area contributed by atoms with Gasteiger partial charge in [0.05, 0.1) is 24.6 Å². The minimum atomic E-state index is -0.0592. The molecule has 2 heterocycles. The molecular formula is C22H36N2O3. The summed E-state index contributed by atoms with van der Waals surface area (Å²) in [6, 6.07) is 0. The number of nitrogens with one attached hydrogen (secondary N) is 1. The Morgan fingerprint density at radius 3 is 2.70 bits per heavy atom. The molecule has 2 saturated carbocycles. The SMILES string of the molecule is C[C@@H]1OC[C@@]2(C)C3CCC(C)(C)[C@@H](CCNc4cnoc4)[C@]3(C)CC[C@H]2O1. The molecule has 5 heteroatoms. The monoisotopic (exact) mass is 376 g/mol. The summed E-state index contributed by atoms with van der Waals surface area (Å²) >= 11 is 0. The number of fused-ring (bicyclic) bond motifs is 3. The van der Waals surface area contributed by atoms with Gasteiger partial charge in [0.2, 0.25) is 0 Å². The van der Waals surface area contributed by atoms with E-state index in [1.807, 2.05) is 6.92 Å². The highest BCUT2D eigenvalue weighted by Gasteiger charge is 2.62. The van der Waals surface area contributed by atoms with Gasteiger partial charge in [-0.25, -0.2) is 0 Å². The van der Waals surface area contributed by atoms with E-state index in [2.05, 4.69) is 38.2 Å². The maximum Gasteiger partial charge on any atom is 0.155 e. The summed E-state index contributed by atoms with van der Waals surface area (Å²) in [6.45, 7) is 13.8. The van der Waals surface area contributed by atoms with Crippen molar-refractivity contribution in [2.75, 3.05) is 18.5 Å². The van der Waals surface area contributed by atoms with Crippen molar-refractivity contribution in [1.82, 2.24) is 5.16 Å². The fourth-order valence-corrected chi connectivity index (χ4v) is 6.94. The number of hydrogen-bond donors (Lipinski definition) is 1. The Balaban J connectivity index is 1.55. The van der Waals surface area contributed by atoms with E-state index in [0.717, 1.165) is 25.3 Å². The largest absolute Gasteiger partial charge is 0.381 e. The molecule has 6 atom stereocenters. The van der Waals surface area contributed by atoms with E-state index < -0.39 is 0 Å². The quantitative estimate of drug-likeness (QED) is 0.792. The van der Waals surface area contributed by atoms with Crippen molar-refractivity contribution >= 4 is 5.69 Å². The first kappa shape index (κ1) is 19.3. The lowest BCUT2D eigenvalue weighted by molar-refractivity contribution is -0.304. The second kappa shape index (κ2) is 6.77. The Bertz CT molecular complexity index is 646. The number of nitrogens with zero attached hydrogens (tertiary/aromatic N) is 1. The van der Waals surface area contributed by atoms with Gasteiger partial charge in [-0.05, 0) is 61.7 Å². The van der Waals surface area contributed by atoms with E-state index in [1.54, 1.807) is 12.5 Å². The highest BCUT2D eigenvalue weighted by atomic mass is 16.7. The van der Waals surface area contributed by atoms with E-state index in [-0.39, 0.29) is 11.7 Å². The van der Waals surface area contributed by atoms with Gasteiger partial charge in [-0.1, -0.05) is 32.9 Å².